The largest absolute Gasteiger partial charge is 0.494 e. The van der Waals surface area contributed by atoms with Crippen molar-refractivity contribution in [3.05, 3.63) is 55.9 Å². The minimum atomic E-state index is -0.624. The third kappa shape index (κ3) is 6.18. The van der Waals surface area contributed by atoms with Crippen molar-refractivity contribution < 1.29 is 14.7 Å². The summed E-state index contributed by atoms with van der Waals surface area (Å²) in [6.07, 6.45) is 4.39. The van der Waals surface area contributed by atoms with Gasteiger partial charge in [0.15, 0.2) is 0 Å². The van der Waals surface area contributed by atoms with Crippen molar-refractivity contribution in [3.8, 4) is 18.0 Å². The molecule has 1 N–H and O–H groups in total. The molecule has 1 aromatic heterocycles. The van der Waals surface area contributed by atoms with E-state index in [4.69, 9.17) is 0 Å². The molecule has 0 saturated heterocycles. The van der Waals surface area contributed by atoms with E-state index in [2.05, 4.69) is 25.7 Å². The van der Waals surface area contributed by atoms with E-state index >= 15 is 0 Å². The van der Waals surface area contributed by atoms with E-state index in [1.54, 1.807) is 20.8 Å². The number of allylic oxidation sites excluding steroid dienone is 2. The first-order valence-electron chi connectivity index (χ1n) is 12.0. The number of aromatic hydroxyl groups is 1. The Morgan fingerprint density at radius 2 is 1.50 bits per heavy atom. The minimum Gasteiger partial charge on any atom is -0.494 e. The van der Waals surface area contributed by atoms with Gasteiger partial charge in [-0.25, -0.2) is 0 Å². The molecular weight excluding hydrogens is 458 g/mol. The summed E-state index contributed by atoms with van der Waals surface area (Å²) in [4.78, 5) is 40.4. The summed E-state index contributed by atoms with van der Waals surface area (Å²) < 4.78 is 1.08. The summed E-state index contributed by atoms with van der Waals surface area (Å²) in [5.41, 5.74) is 0.299. The fourth-order valence-electron chi connectivity index (χ4n) is 3.82. The van der Waals surface area contributed by atoms with E-state index in [0.29, 0.717) is 5.56 Å². The molecule has 0 bridgehead atoms. The highest BCUT2D eigenvalue weighted by Crippen LogP contribution is 2.26. The van der Waals surface area contributed by atoms with Crippen LogP contribution in [0.15, 0.2) is 33.7 Å². The number of amides is 2. The highest BCUT2D eigenvalue weighted by Gasteiger charge is 2.34. The standard InChI is InChI=1S/C21H20N4O4.C6H15N/c1-5-24-18(26)14(12(3)16(10-22)20(24)28)8-7-9-15-13(4)17(11-23)21(29)25(6-2)19(15)27;1-4-7(5-2)6-3/h7-9,26H,5-6H2,1-4H3;4-6H2,1-3H3. The van der Waals surface area contributed by atoms with Gasteiger partial charge in [-0.3, -0.25) is 23.9 Å². The van der Waals surface area contributed by atoms with Crippen molar-refractivity contribution in [2.45, 2.75) is 55.0 Å². The highest BCUT2D eigenvalue weighted by atomic mass is 16.3. The Bertz CT molecular complexity index is 1230. The Morgan fingerprint density at radius 1 is 0.917 bits per heavy atom. The van der Waals surface area contributed by atoms with Gasteiger partial charge in [-0.05, 0) is 70.6 Å². The second kappa shape index (κ2) is 13.8. The van der Waals surface area contributed by atoms with Gasteiger partial charge in [-0.1, -0.05) is 26.8 Å². The number of hydrogen-bond donors (Lipinski definition) is 1. The van der Waals surface area contributed by atoms with E-state index in [1.807, 2.05) is 12.1 Å². The van der Waals surface area contributed by atoms with Crippen LogP contribution in [0.2, 0.25) is 0 Å². The van der Waals surface area contributed by atoms with Crippen LogP contribution in [0.4, 0.5) is 0 Å². The fourth-order valence-corrected chi connectivity index (χ4v) is 3.82. The first kappa shape index (κ1) is 30.1. The van der Waals surface area contributed by atoms with Gasteiger partial charge in [0.05, 0.1) is 0 Å². The normalized spacial score (nSPS) is 14.8. The van der Waals surface area contributed by atoms with Crippen LogP contribution < -0.4 is 5.56 Å². The molecule has 0 unspecified atom stereocenters. The van der Waals surface area contributed by atoms with Gasteiger partial charge in [-0.15, -0.1) is 0 Å². The van der Waals surface area contributed by atoms with Gasteiger partial charge in [0.2, 0.25) is 5.88 Å². The van der Waals surface area contributed by atoms with Gasteiger partial charge in [0.25, 0.3) is 17.4 Å². The predicted molar refractivity (Wildman–Crippen MR) is 139 cm³/mol. The Balaban J connectivity index is 0.000000809. The molecule has 0 spiro atoms. The molecule has 0 aromatic carbocycles. The number of nitriles is 2. The lowest BCUT2D eigenvalue weighted by atomic mass is 9.95. The zero-order valence-electron chi connectivity index (χ0n) is 22.2. The predicted octanol–water partition coefficient (Wildman–Crippen LogP) is 3.27. The Hall–Kier alpha value is -3.95. The molecule has 2 amide bonds. The van der Waals surface area contributed by atoms with Crippen LogP contribution >= 0.6 is 0 Å². The van der Waals surface area contributed by atoms with Crippen LogP contribution in [0.5, 0.6) is 5.88 Å². The molecule has 1 aromatic rings. The highest BCUT2D eigenvalue weighted by molar-refractivity contribution is 6.18. The molecule has 2 rings (SSSR count). The van der Waals surface area contributed by atoms with Crippen molar-refractivity contribution in [2.75, 3.05) is 26.2 Å². The molecule has 0 saturated carbocycles. The number of aromatic nitrogens is 1. The van der Waals surface area contributed by atoms with Gasteiger partial charge in [0.1, 0.15) is 23.3 Å². The molecule has 0 fully saturated rings. The van der Waals surface area contributed by atoms with Crippen LogP contribution in [0, 0.1) is 29.6 Å². The van der Waals surface area contributed by atoms with E-state index in [-0.39, 0.29) is 46.8 Å². The molecule has 9 nitrogen and oxygen atoms in total. The summed E-state index contributed by atoms with van der Waals surface area (Å²) in [7, 11) is 0. The minimum absolute atomic E-state index is 0.0729. The van der Waals surface area contributed by atoms with Crippen LogP contribution in [0.25, 0.3) is 6.08 Å². The van der Waals surface area contributed by atoms with Crippen LogP contribution in [-0.2, 0) is 16.1 Å². The number of pyridine rings is 1. The monoisotopic (exact) mass is 493 g/mol. The first-order chi connectivity index (χ1) is 17.1. The smallest absolute Gasteiger partial charge is 0.271 e. The Morgan fingerprint density at radius 3 is 1.92 bits per heavy atom. The first-order valence-corrected chi connectivity index (χ1v) is 12.0. The van der Waals surface area contributed by atoms with E-state index in [1.165, 1.54) is 44.8 Å². The number of likely N-dealkylation sites (N-methyl/N-ethyl adjacent to an activating group) is 1. The molecule has 36 heavy (non-hydrogen) atoms. The zero-order valence-corrected chi connectivity index (χ0v) is 22.2. The van der Waals surface area contributed by atoms with Crippen molar-refractivity contribution in [2.24, 2.45) is 0 Å². The maximum atomic E-state index is 12.6. The van der Waals surface area contributed by atoms with Gasteiger partial charge >= 0.3 is 0 Å². The number of imide groups is 1. The molecule has 1 aliphatic rings. The molecule has 1 aliphatic heterocycles. The number of nitrogens with zero attached hydrogens (tertiary/aromatic N) is 5. The van der Waals surface area contributed by atoms with E-state index in [0.717, 1.165) is 9.47 Å². The average Bonchev–Trinajstić information content (AvgIpc) is 2.85. The lowest BCUT2D eigenvalue weighted by Crippen LogP contribution is -2.42. The Kier molecular flexibility index (Phi) is 11.5. The summed E-state index contributed by atoms with van der Waals surface area (Å²) in [5.74, 6) is -1.43. The summed E-state index contributed by atoms with van der Waals surface area (Å²) in [5, 5.41) is 28.9. The third-order valence-corrected chi connectivity index (χ3v) is 6.17. The molecule has 9 heteroatoms. The van der Waals surface area contributed by atoms with Gasteiger partial charge in [-0.2, -0.15) is 10.5 Å². The number of carbonyl (C=O) groups is 2. The second-order valence-electron chi connectivity index (χ2n) is 7.92. The molecule has 2 heterocycles. The number of hydrogen-bond acceptors (Lipinski definition) is 7. The lowest BCUT2D eigenvalue weighted by molar-refractivity contribution is -0.140. The van der Waals surface area contributed by atoms with Crippen LogP contribution in [0.3, 0.4) is 0 Å². The maximum Gasteiger partial charge on any atom is 0.271 e. The van der Waals surface area contributed by atoms with E-state index < -0.39 is 17.4 Å². The average molecular weight is 494 g/mol. The Labute approximate surface area is 212 Å². The van der Waals surface area contributed by atoms with Crippen molar-refractivity contribution in [3.63, 3.8) is 0 Å². The fraction of sp³-hybridized carbons (Fsp3) is 0.444. The van der Waals surface area contributed by atoms with Crippen LogP contribution in [0.1, 0.15) is 58.2 Å². The quantitative estimate of drug-likeness (QED) is 0.456. The number of rotatable bonds is 7. The zero-order chi connectivity index (χ0) is 27.6. The van der Waals surface area contributed by atoms with Crippen molar-refractivity contribution >= 4 is 17.9 Å². The van der Waals surface area contributed by atoms with Gasteiger partial charge < -0.3 is 10.0 Å². The topological polar surface area (TPSA) is 130 Å². The summed E-state index contributed by atoms with van der Waals surface area (Å²) in [6, 6.07) is 3.69. The van der Waals surface area contributed by atoms with Gasteiger partial charge in [0, 0.05) is 24.2 Å². The molecular formula is C27H35N5O4. The summed E-state index contributed by atoms with van der Waals surface area (Å²) >= 11 is 0. The van der Waals surface area contributed by atoms with Crippen molar-refractivity contribution in [1.82, 2.24) is 14.4 Å². The SMILES string of the molecule is CCN(CC)CC.CCN1C(=O)C(=CC=Cc2c(C)c(C#N)c(=O)n(CC)c2O)C(C)=C(C#N)C1=O. The lowest BCUT2D eigenvalue weighted by Gasteiger charge is -2.25. The number of carbonyl (C=O) groups excluding carboxylic acids is 2. The third-order valence-electron chi connectivity index (χ3n) is 6.17. The molecule has 0 atom stereocenters. The van der Waals surface area contributed by atoms with Crippen LogP contribution in [-0.4, -0.2) is 57.5 Å². The molecule has 0 radical (unpaired) electrons. The molecule has 192 valence electrons. The maximum absolute atomic E-state index is 12.6. The van der Waals surface area contributed by atoms with Crippen molar-refractivity contribution in [1.29, 1.82) is 10.5 Å². The van der Waals surface area contributed by atoms with E-state index in [9.17, 15) is 30.0 Å². The second-order valence-corrected chi connectivity index (χ2v) is 7.92. The molecule has 0 aliphatic carbocycles. The summed E-state index contributed by atoms with van der Waals surface area (Å²) in [6.45, 7) is 16.8.